The number of thioether (sulfide) groups is 1. The number of para-hydroxylation sites is 1. The molecule has 124 valence electrons. The number of ether oxygens (including phenoxy) is 1. The van der Waals surface area contributed by atoms with Crippen LogP contribution in [0.5, 0.6) is 5.75 Å². The van der Waals surface area contributed by atoms with Crippen molar-refractivity contribution in [3.05, 3.63) is 53.2 Å². The summed E-state index contributed by atoms with van der Waals surface area (Å²) >= 11 is 1.28. The Bertz CT molecular complexity index is 742. The van der Waals surface area contributed by atoms with Crippen molar-refractivity contribution >= 4 is 17.7 Å². The second kappa shape index (κ2) is 8.94. The molecule has 6 heteroatoms. The fourth-order valence-corrected chi connectivity index (χ4v) is 3.03. The highest BCUT2D eigenvalue weighted by molar-refractivity contribution is 8.00. The second-order valence-electron chi connectivity index (χ2n) is 5.17. The number of aryl methyl sites for hydroxylation is 2. The molecule has 1 aromatic carbocycles. The minimum absolute atomic E-state index is 0.110. The van der Waals surface area contributed by atoms with Gasteiger partial charge in [-0.25, -0.2) is 4.98 Å². The molecule has 0 spiro atoms. The van der Waals surface area contributed by atoms with Crippen molar-refractivity contribution in [2.75, 3.05) is 18.9 Å². The molecule has 0 bridgehead atoms. The molecule has 24 heavy (non-hydrogen) atoms. The van der Waals surface area contributed by atoms with E-state index in [1.54, 1.807) is 0 Å². The van der Waals surface area contributed by atoms with E-state index in [4.69, 9.17) is 4.74 Å². The van der Waals surface area contributed by atoms with Gasteiger partial charge in [-0.15, -0.1) is 0 Å². The van der Waals surface area contributed by atoms with Gasteiger partial charge in [0.2, 0.25) is 5.91 Å². The summed E-state index contributed by atoms with van der Waals surface area (Å²) in [6.07, 6.45) is 0. The van der Waals surface area contributed by atoms with Crippen LogP contribution in [-0.2, 0) is 4.79 Å². The van der Waals surface area contributed by atoms with Crippen LogP contribution >= 0.6 is 11.8 Å². The third-order valence-corrected chi connectivity index (χ3v) is 4.17. The number of carbonyl (C=O) groups excluding carboxylic acids is 1. The average molecular weight is 341 g/mol. The number of nitrogens with zero attached hydrogens (tertiary/aromatic N) is 2. The van der Waals surface area contributed by atoms with Gasteiger partial charge in [-0.3, -0.25) is 4.79 Å². The van der Waals surface area contributed by atoms with Gasteiger partial charge in [0.15, 0.2) is 0 Å². The molecule has 0 aliphatic carbocycles. The van der Waals surface area contributed by atoms with Gasteiger partial charge in [-0.1, -0.05) is 30.0 Å². The molecule has 1 amide bonds. The van der Waals surface area contributed by atoms with Crippen LogP contribution in [0.1, 0.15) is 16.8 Å². The lowest BCUT2D eigenvalue weighted by molar-refractivity contribution is -0.118. The zero-order valence-corrected chi connectivity index (χ0v) is 14.5. The number of carbonyl (C=O) groups is 1. The second-order valence-corrected chi connectivity index (χ2v) is 6.14. The number of rotatable bonds is 7. The maximum absolute atomic E-state index is 11.9. The Morgan fingerprint density at radius 2 is 2.08 bits per heavy atom. The molecule has 0 atom stereocenters. The number of pyridine rings is 1. The molecule has 0 radical (unpaired) electrons. The molecule has 0 fully saturated rings. The quantitative estimate of drug-likeness (QED) is 0.619. The van der Waals surface area contributed by atoms with Crippen LogP contribution in [-0.4, -0.2) is 29.8 Å². The van der Waals surface area contributed by atoms with Crippen LogP contribution < -0.4 is 10.1 Å². The van der Waals surface area contributed by atoms with E-state index in [1.165, 1.54) is 11.8 Å². The molecule has 2 rings (SSSR count). The number of nitriles is 1. The van der Waals surface area contributed by atoms with Crippen LogP contribution in [0.15, 0.2) is 41.4 Å². The highest BCUT2D eigenvalue weighted by Crippen LogP contribution is 2.23. The van der Waals surface area contributed by atoms with Crippen molar-refractivity contribution < 1.29 is 9.53 Å². The van der Waals surface area contributed by atoms with E-state index in [1.807, 2.05) is 50.2 Å². The van der Waals surface area contributed by atoms with E-state index in [0.717, 1.165) is 17.0 Å². The number of hydrogen-bond donors (Lipinski definition) is 1. The lowest BCUT2D eigenvalue weighted by Gasteiger charge is -2.09. The first-order chi connectivity index (χ1) is 11.6. The Labute approximate surface area is 146 Å². The van der Waals surface area contributed by atoms with Gasteiger partial charge in [0.25, 0.3) is 0 Å². The van der Waals surface area contributed by atoms with Crippen molar-refractivity contribution in [2.45, 2.75) is 18.9 Å². The largest absolute Gasteiger partial charge is 0.492 e. The van der Waals surface area contributed by atoms with Crippen LogP contribution in [0, 0.1) is 25.2 Å². The first-order valence-corrected chi connectivity index (χ1v) is 8.54. The minimum Gasteiger partial charge on any atom is -0.492 e. The molecule has 0 aliphatic rings. The van der Waals surface area contributed by atoms with Crippen LogP contribution in [0.3, 0.4) is 0 Å². The van der Waals surface area contributed by atoms with E-state index >= 15 is 0 Å². The van der Waals surface area contributed by atoms with Crippen LogP contribution in [0.25, 0.3) is 0 Å². The highest BCUT2D eigenvalue weighted by atomic mass is 32.2. The Morgan fingerprint density at radius 3 is 2.79 bits per heavy atom. The molecule has 0 unspecified atom stereocenters. The van der Waals surface area contributed by atoms with Gasteiger partial charge < -0.3 is 10.1 Å². The van der Waals surface area contributed by atoms with Crippen molar-refractivity contribution in [1.82, 2.24) is 10.3 Å². The number of hydrogen-bond acceptors (Lipinski definition) is 5. The standard InChI is InChI=1S/C18H19N3O2S/c1-13-10-14(2)21-18(16(13)11-19)24-12-17(22)20-8-9-23-15-6-4-3-5-7-15/h3-7,10H,8-9,12H2,1-2H3,(H,20,22). The Morgan fingerprint density at radius 1 is 1.33 bits per heavy atom. The van der Waals surface area contributed by atoms with Crippen molar-refractivity contribution in [3.63, 3.8) is 0 Å². The SMILES string of the molecule is Cc1cc(C)c(C#N)c(SCC(=O)NCCOc2ccccc2)n1. The summed E-state index contributed by atoms with van der Waals surface area (Å²) in [5, 5.41) is 12.6. The summed E-state index contributed by atoms with van der Waals surface area (Å²) in [7, 11) is 0. The molecule has 1 aromatic heterocycles. The lowest BCUT2D eigenvalue weighted by atomic mass is 10.1. The number of aromatic nitrogens is 1. The van der Waals surface area contributed by atoms with E-state index in [9.17, 15) is 10.1 Å². The zero-order chi connectivity index (χ0) is 17.4. The minimum atomic E-state index is -0.110. The molecule has 5 nitrogen and oxygen atoms in total. The smallest absolute Gasteiger partial charge is 0.230 e. The maximum atomic E-state index is 11.9. The molecule has 1 heterocycles. The molecular weight excluding hydrogens is 322 g/mol. The van der Waals surface area contributed by atoms with Crippen LogP contribution in [0.2, 0.25) is 0 Å². The first kappa shape index (κ1) is 17.8. The van der Waals surface area contributed by atoms with Crippen molar-refractivity contribution in [2.24, 2.45) is 0 Å². The van der Waals surface area contributed by atoms with E-state index < -0.39 is 0 Å². The van der Waals surface area contributed by atoms with E-state index in [-0.39, 0.29) is 11.7 Å². The van der Waals surface area contributed by atoms with Gasteiger partial charge in [0.05, 0.1) is 17.9 Å². The summed E-state index contributed by atoms with van der Waals surface area (Å²) in [4.78, 5) is 16.2. The molecule has 0 aliphatic heterocycles. The fraction of sp³-hybridized carbons (Fsp3) is 0.278. The normalized spacial score (nSPS) is 10.0. The number of nitrogens with one attached hydrogen (secondary N) is 1. The average Bonchev–Trinajstić information content (AvgIpc) is 2.57. The summed E-state index contributed by atoms with van der Waals surface area (Å²) in [5.74, 6) is 0.886. The third kappa shape index (κ3) is 5.28. The van der Waals surface area contributed by atoms with Gasteiger partial charge in [0.1, 0.15) is 23.5 Å². The van der Waals surface area contributed by atoms with Crippen molar-refractivity contribution in [1.29, 1.82) is 5.26 Å². The van der Waals surface area contributed by atoms with Crippen LogP contribution in [0.4, 0.5) is 0 Å². The Kier molecular flexibility index (Phi) is 6.64. The monoisotopic (exact) mass is 341 g/mol. The summed E-state index contributed by atoms with van der Waals surface area (Å²) in [5.41, 5.74) is 2.25. The predicted octanol–water partition coefficient (Wildman–Crippen LogP) is 2.86. The number of benzene rings is 1. The summed E-state index contributed by atoms with van der Waals surface area (Å²) in [6.45, 7) is 4.59. The topological polar surface area (TPSA) is 75.0 Å². The fourth-order valence-electron chi connectivity index (χ4n) is 2.10. The van der Waals surface area contributed by atoms with Gasteiger partial charge in [-0.05, 0) is 37.6 Å². The molecule has 2 aromatic rings. The highest BCUT2D eigenvalue weighted by Gasteiger charge is 2.11. The molecule has 0 saturated carbocycles. The molecule has 0 saturated heterocycles. The van der Waals surface area contributed by atoms with E-state index in [0.29, 0.717) is 23.7 Å². The van der Waals surface area contributed by atoms with Crippen molar-refractivity contribution in [3.8, 4) is 11.8 Å². The Hall–Kier alpha value is -2.52. The zero-order valence-electron chi connectivity index (χ0n) is 13.7. The van der Waals surface area contributed by atoms with E-state index in [2.05, 4.69) is 16.4 Å². The summed E-state index contributed by atoms with van der Waals surface area (Å²) < 4.78 is 5.51. The van der Waals surface area contributed by atoms with Gasteiger partial charge in [-0.2, -0.15) is 5.26 Å². The predicted molar refractivity (Wildman–Crippen MR) is 94.1 cm³/mol. The lowest BCUT2D eigenvalue weighted by Crippen LogP contribution is -2.29. The van der Waals surface area contributed by atoms with Gasteiger partial charge >= 0.3 is 0 Å². The summed E-state index contributed by atoms with van der Waals surface area (Å²) in [6, 6.07) is 13.5. The molecular formula is C18H19N3O2S. The Balaban J connectivity index is 1.77. The number of amides is 1. The van der Waals surface area contributed by atoms with Gasteiger partial charge in [0, 0.05) is 5.69 Å². The molecule has 1 N–H and O–H groups in total. The first-order valence-electron chi connectivity index (χ1n) is 7.56. The third-order valence-electron chi connectivity index (χ3n) is 3.20. The maximum Gasteiger partial charge on any atom is 0.230 e.